The minimum absolute atomic E-state index is 0.169. The van der Waals surface area contributed by atoms with E-state index < -0.39 is 0 Å². The third-order valence-corrected chi connectivity index (χ3v) is 5.43. The topological polar surface area (TPSA) is 34.9 Å². The van der Waals surface area contributed by atoms with Gasteiger partial charge in [0.1, 0.15) is 5.03 Å². The van der Waals surface area contributed by atoms with Crippen LogP contribution in [0.25, 0.3) is 5.69 Å². The Morgan fingerprint density at radius 1 is 0.958 bits per heavy atom. The Balaban J connectivity index is 1.72. The van der Waals surface area contributed by atoms with Crippen LogP contribution in [0.5, 0.6) is 0 Å². The molecule has 0 saturated carbocycles. The van der Waals surface area contributed by atoms with Crippen molar-refractivity contribution in [3.05, 3.63) is 88.0 Å². The number of aromatic nitrogens is 2. The highest BCUT2D eigenvalue weighted by molar-refractivity contribution is 7.98. The summed E-state index contributed by atoms with van der Waals surface area (Å²) in [7, 11) is 0. The fraction of sp³-hybridized carbons (Fsp3) is 0.200. The molecule has 1 aliphatic carbocycles. The molecule has 1 heterocycles. The molecule has 120 valence electrons. The van der Waals surface area contributed by atoms with Crippen molar-refractivity contribution < 1.29 is 0 Å². The molecule has 2 aromatic carbocycles. The van der Waals surface area contributed by atoms with E-state index in [2.05, 4.69) is 17.1 Å². The number of rotatable bonds is 4. The molecular formula is C20H18N2OS. The van der Waals surface area contributed by atoms with E-state index in [1.165, 1.54) is 11.1 Å². The van der Waals surface area contributed by atoms with E-state index in [1.807, 2.05) is 48.5 Å². The van der Waals surface area contributed by atoms with Gasteiger partial charge < -0.3 is 0 Å². The Labute approximate surface area is 145 Å². The largest absolute Gasteiger partial charge is 0.353 e. The monoisotopic (exact) mass is 334 g/mol. The summed E-state index contributed by atoms with van der Waals surface area (Å²) < 4.78 is 1.79. The maximum atomic E-state index is 12.7. The number of benzene rings is 2. The van der Waals surface area contributed by atoms with Crippen molar-refractivity contribution in [3.8, 4) is 5.69 Å². The van der Waals surface area contributed by atoms with Crippen molar-refractivity contribution in [1.29, 1.82) is 0 Å². The Bertz CT molecular complexity index is 904. The van der Waals surface area contributed by atoms with Crippen LogP contribution in [0.15, 0.2) is 70.5 Å². The second kappa shape index (κ2) is 6.65. The SMILES string of the molecule is O=c1nc(SCc2ccccc2)c2c(n1-c1ccccc1)CCC2. The molecule has 24 heavy (non-hydrogen) atoms. The Morgan fingerprint density at radius 2 is 1.67 bits per heavy atom. The van der Waals surface area contributed by atoms with Crippen LogP contribution in [0.4, 0.5) is 0 Å². The number of para-hydroxylation sites is 1. The second-order valence-electron chi connectivity index (χ2n) is 5.92. The highest BCUT2D eigenvalue weighted by Gasteiger charge is 2.22. The molecule has 4 heteroatoms. The standard InChI is InChI=1S/C20H18N2OS/c23-20-21-19(24-14-15-8-3-1-4-9-15)17-12-7-13-18(17)22(20)16-10-5-2-6-11-16/h1-6,8-11H,7,12-14H2. The lowest BCUT2D eigenvalue weighted by Crippen LogP contribution is -2.25. The summed E-state index contributed by atoms with van der Waals surface area (Å²) in [6.07, 6.45) is 3.04. The third-order valence-electron chi connectivity index (χ3n) is 4.34. The van der Waals surface area contributed by atoms with Gasteiger partial charge in [-0.2, -0.15) is 4.98 Å². The average molecular weight is 334 g/mol. The van der Waals surface area contributed by atoms with Crippen molar-refractivity contribution in [2.45, 2.75) is 30.0 Å². The van der Waals surface area contributed by atoms with E-state index in [0.29, 0.717) is 0 Å². The van der Waals surface area contributed by atoms with Crippen LogP contribution in [0, 0.1) is 0 Å². The van der Waals surface area contributed by atoms with Crippen molar-refractivity contribution >= 4 is 11.8 Å². The predicted molar refractivity (Wildman–Crippen MR) is 97.9 cm³/mol. The van der Waals surface area contributed by atoms with Gasteiger partial charge in [-0.3, -0.25) is 4.57 Å². The summed E-state index contributed by atoms with van der Waals surface area (Å²) in [5.41, 5.74) is 4.38. The molecule has 1 aliphatic rings. The van der Waals surface area contributed by atoms with Gasteiger partial charge in [-0.15, -0.1) is 11.8 Å². The van der Waals surface area contributed by atoms with E-state index in [4.69, 9.17) is 0 Å². The van der Waals surface area contributed by atoms with Gasteiger partial charge in [0, 0.05) is 17.0 Å². The van der Waals surface area contributed by atoms with Gasteiger partial charge in [0.25, 0.3) is 0 Å². The van der Waals surface area contributed by atoms with Crippen LogP contribution in [0.1, 0.15) is 23.2 Å². The molecule has 0 saturated heterocycles. The molecule has 0 N–H and O–H groups in total. The number of hydrogen-bond acceptors (Lipinski definition) is 3. The summed E-state index contributed by atoms with van der Waals surface area (Å²) in [5.74, 6) is 0.842. The molecule has 0 unspecified atom stereocenters. The molecule has 1 aromatic heterocycles. The van der Waals surface area contributed by atoms with Gasteiger partial charge in [0.2, 0.25) is 0 Å². The van der Waals surface area contributed by atoms with Crippen LogP contribution in [-0.4, -0.2) is 9.55 Å². The Morgan fingerprint density at radius 3 is 2.42 bits per heavy atom. The fourth-order valence-corrected chi connectivity index (χ4v) is 4.25. The normalized spacial score (nSPS) is 13.0. The number of thioether (sulfide) groups is 1. The van der Waals surface area contributed by atoms with Crippen molar-refractivity contribution in [1.82, 2.24) is 9.55 Å². The molecule has 3 aromatic rings. The molecule has 0 aliphatic heterocycles. The van der Waals surface area contributed by atoms with Crippen molar-refractivity contribution in [2.75, 3.05) is 0 Å². The van der Waals surface area contributed by atoms with Crippen LogP contribution >= 0.6 is 11.8 Å². The zero-order chi connectivity index (χ0) is 16.4. The highest BCUT2D eigenvalue weighted by Crippen LogP contribution is 2.31. The van der Waals surface area contributed by atoms with Crippen LogP contribution in [0.3, 0.4) is 0 Å². The number of hydrogen-bond donors (Lipinski definition) is 0. The Hall–Kier alpha value is -2.33. The molecule has 3 nitrogen and oxygen atoms in total. The first kappa shape index (κ1) is 15.2. The van der Waals surface area contributed by atoms with Gasteiger partial charge >= 0.3 is 5.69 Å². The zero-order valence-electron chi connectivity index (χ0n) is 13.3. The van der Waals surface area contributed by atoms with Crippen LogP contribution < -0.4 is 5.69 Å². The predicted octanol–water partition coefficient (Wildman–Crippen LogP) is 4.01. The summed E-state index contributed by atoms with van der Waals surface area (Å²) in [6, 6.07) is 20.1. The first-order chi connectivity index (χ1) is 11.8. The summed E-state index contributed by atoms with van der Waals surface area (Å²) in [5, 5.41) is 0.906. The Kier molecular flexibility index (Phi) is 4.22. The zero-order valence-corrected chi connectivity index (χ0v) is 14.1. The number of nitrogens with zero attached hydrogens (tertiary/aromatic N) is 2. The molecule has 4 rings (SSSR count). The minimum atomic E-state index is -0.169. The van der Waals surface area contributed by atoms with E-state index in [1.54, 1.807) is 16.3 Å². The highest BCUT2D eigenvalue weighted by atomic mass is 32.2. The summed E-state index contributed by atoms with van der Waals surface area (Å²) in [6.45, 7) is 0. The van der Waals surface area contributed by atoms with Gasteiger partial charge in [0.05, 0.1) is 5.69 Å². The van der Waals surface area contributed by atoms with E-state index in [0.717, 1.165) is 41.4 Å². The second-order valence-corrected chi connectivity index (χ2v) is 6.89. The van der Waals surface area contributed by atoms with Gasteiger partial charge in [0.15, 0.2) is 0 Å². The smallest absolute Gasteiger partial charge is 0.265 e. The van der Waals surface area contributed by atoms with Crippen LogP contribution in [0.2, 0.25) is 0 Å². The van der Waals surface area contributed by atoms with Crippen LogP contribution in [-0.2, 0) is 18.6 Å². The van der Waals surface area contributed by atoms with E-state index in [9.17, 15) is 4.79 Å². The van der Waals surface area contributed by atoms with Crippen molar-refractivity contribution in [3.63, 3.8) is 0 Å². The summed E-state index contributed by atoms with van der Waals surface area (Å²) >= 11 is 1.67. The maximum Gasteiger partial charge on any atom is 0.353 e. The lowest BCUT2D eigenvalue weighted by molar-refractivity contribution is 0.802. The molecular weight excluding hydrogens is 316 g/mol. The van der Waals surface area contributed by atoms with Crippen molar-refractivity contribution in [2.24, 2.45) is 0 Å². The van der Waals surface area contributed by atoms with Gasteiger partial charge in [-0.25, -0.2) is 4.79 Å². The van der Waals surface area contributed by atoms with E-state index >= 15 is 0 Å². The van der Waals surface area contributed by atoms with Gasteiger partial charge in [-0.1, -0.05) is 48.5 Å². The first-order valence-corrected chi connectivity index (χ1v) is 9.18. The van der Waals surface area contributed by atoms with E-state index in [-0.39, 0.29) is 5.69 Å². The minimum Gasteiger partial charge on any atom is -0.265 e. The maximum absolute atomic E-state index is 12.7. The lowest BCUT2D eigenvalue weighted by Gasteiger charge is -2.14. The average Bonchev–Trinajstić information content (AvgIpc) is 3.11. The number of fused-ring (bicyclic) bond motifs is 1. The summed E-state index contributed by atoms with van der Waals surface area (Å²) in [4.78, 5) is 17.1. The molecule has 0 fully saturated rings. The lowest BCUT2D eigenvalue weighted by atomic mass is 10.2. The third kappa shape index (κ3) is 2.89. The molecule has 0 spiro atoms. The van der Waals surface area contributed by atoms with Gasteiger partial charge in [-0.05, 0) is 37.0 Å². The molecule has 0 bridgehead atoms. The quantitative estimate of drug-likeness (QED) is 0.534. The molecule has 0 atom stereocenters. The fourth-order valence-electron chi connectivity index (χ4n) is 3.21. The molecule has 0 radical (unpaired) electrons. The first-order valence-electron chi connectivity index (χ1n) is 8.20. The molecule has 0 amide bonds.